The van der Waals surface area contributed by atoms with E-state index in [9.17, 15) is 4.79 Å². The Kier molecular flexibility index (Phi) is 6.61. The van der Waals surface area contributed by atoms with Gasteiger partial charge in [0, 0.05) is 11.4 Å². The SMILES string of the molecule is CCOc1cc([C@H]2C(C(=O)Nc3ccccc3)=C(C)Nc3nnnn32)ccc1OCc1ccccc1. The predicted octanol–water partition coefficient (Wildman–Crippen LogP) is 4.58. The molecule has 0 aliphatic carbocycles. The number of hydrogen-bond acceptors (Lipinski definition) is 7. The molecule has 4 aromatic rings. The molecule has 0 saturated carbocycles. The number of allylic oxidation sites excluding steroid dienone is 1. The van der Waals surface area contributed by atoms with Gasteiger partial charge in [0.05, 0.1) is 12.2 Å². The van der Waals surface area contributed by atoms with Crippen LogP contribution in [-0.4, -0.2) is 32.7 Å². The Balaban J connectivity index is 1.50. The monoisotopic (exact) mass is 482 g/mol. The van der Waals surface area contributed by atoms with E-state index in [0.717, 1.165) is 11.1 Å². The quantitative estimate of drug-likeness (QED) is 0.379. The van der Waals surface area contributed by atoms with E-state index in [4.69, 9.17) is 9.47 Å². The Morgan fingerprint density at radius 3 is 2.50 bits per heavy atom. The molecule has 36 heavy (non-hydrogen) atoms. The summed E-state index contributed by atoms with van der Waals surface area (Å²) in [4.78, 5) is 13.5. The minimum absolute atomic E-state index is 0.250. The molecule has 0 bridgehead atoms. The first-order valence-corrected chi connectivity index (χ1v) is 11.7. The van der Waals surface area contributed by atoms with Crippen molar-refractivity contribution in [1.82, 2.24) is 20.2 Å². The molecule has 9 nitrogen and oxygen atoms in total. The average molecular weight is 483 g/mol. The van der Waals surface area contributed by atoms with Crippen LogP contribution in [0.3, 0.4) is 0 Å². The van der Waals surface area contributed by atoms with Crippen molar-refractivity contribution in [3.05, 3.63) is 101 Å². The molecule has 1 atom stereocenters. The van der Waals surface area contributed by atoms with Crippen LogP contribution in [0.2, 0.25) is 0 Å². The molecule has 9 heteroatoms. The molecule has 1 amide bonds. The fourth-order valence-corrected chi connectivity index (χ4v) is 4.15. The van der Waals surface area contributed by atoms with Crippen LogP contribution >= 0.6 is 0 Å². The number of aromatic nitrogens is 4. The topological polar surface area (TPSA) is 103 Å². The lowest BCUT2D eigenvalue weighted by atomic mass is 9.94. The van der Waals surface area contributed by atoms with Gasteiger partial charge in [0.25, 0.3) is 5.91 Å². The number of rotatable bonds is 8. The highest BCUT2D eigenvalue weighted by molar-refractivity contribution is 6.06. The standard InChI is InChI=1S/C27H26N6O3/c1-3-35-23-16-20(14-15-22(23)36-17-19-10-6-4-7-11-19)25-24(18(2)28-27-30-31-32-33(25)27)26(34)29-21-12-8-5-9-13-21/h4-16,25H,3,17H2,1-2H3,(H,29,34)(H,28,30,32)/t25-/m0/s1. The summed E-state index contributed by atoms with van der Waals surface area (Å²) in [6.45, 7) is 4.63. The van der Waals surface area contributed by atoms with Gasteiger partial charge >= 0.3 is 0 Å². The van der Waals surface area contributed by atoms with Crippen LogP contribution in [0.15, 0.2) is 90.1 Å². The fourth-order valence-electron chi connectivity index (χ4n) is 4.15. The van der Waals surface area contributed by atoms with Gasteiger partial charge in [0.15, 0.2) is 11.5 Å². The maximum atomic E-state index is 13.5. The lowest BCUT2D eigenvalue weighted by Crippen LogP contribution is -2.31. The number of amides is 1. The van der Waals surface area contributed by atoms with E-state index in [2.05, 4.69) is 26.2 Å². The summed E-state index contributed by atoms with van der Waals surface area (Å²) < 4.78 is 13.6. The third-order valence-electron chi connectivity index (χ3n) is 5.81. The van der Waals surface area contributed by atoms with Crippen molar-refractivity contribution in [2.75, 3.05) is 17.2 Å². The Bertz CT molecular complexity index is 1390. The van der Waals surface area contributed by atoms with Crippen LogP contribution in [0, 0.1) is 0 Å². The third kappa shape index (κ3) is 4.76. The van der Waals surface area contributed by atoms with Crippen LogP contribution in [0.25, 0.3) is 0 Å². The van der Waals surface area contributed by atoms with E-state index in [1.54, 1.807) is 4.68 Å². The molecule has 0 fully saturated rings. The number of anilines is 2. The van der Waals surface area contributed by atoms with E-state index in [0.29, 0.717) is 47.6 Å². The van der Waals surface area contributed by atoms with Gasteiger partial charge in [-0.05, 0) is 59.7 Å². The third-order valence-corrected chi connectivity index (χ3v) is 5.81. The summed E-state index contributed by atoms with van der Waals surface area (Å²) in [6.07, 6.45) is 0. The number of nitrogens with zero attached hydrogens (tertiary/aromatic N) is 4. The van der Waals surface area contributed by atoms with Gasteiger partial charge < -0.3 is 20.1 Å². The zero-order valence-corrected chi connectivity index (χ0v) is 20.0. The molecule has 1 aliphatic heterocycles. The smallest absolute Gasteiger partial charge is 0.255 e. The number of carbonyl (C=O) groups excluding carboxylic acids is 1. The molecule has 1 aromatic heterocycles. The van der Waals surface area contributed by atoms with Gasteiger partial charge in [-0.2, -0.15) is 4.68 Å². The Hall–Kier alpha value is -4.66. The maximum Gasteiger partial charge on any atom is 0.255 e. The lowest BCUT2D eigenvalue weighted by Gasteiger charge is -2.28. The van der Waals surface area contributed by atoms with E-state index >= 15 is 0 Å². The number of fused-ring (bicyclic) bond motifs is 1. The molecule has 5 rings (SSSR count). The van der Waals surface area contributed by atoms with Gasteiger partial charge in [0.1, 0.15) is 12.6 Å². The molecule has 0 unspecified atom stereocenters. The lowest BCUT2D eigenvalue weighted by molar-refractivity contribution is -0.113. The largest absolute Gasteiger partial charge is 0.490 e. The van der Waals surface area contributed by atoms with Gasteiger partial charge in [-0.3, -0.25) is 4.79 Å². The zero-order chi connectivity index (χ0) is 24.9. The van der Waals surface area contributed by atoms with E-state index in [-0.39, 0.29) is 5.91 Å². The van der Waals surface area contributed by atoms with Crippen molar-refractivity contribution >= 4 is 17.5 Å². The van der Waals surface area contributed by atoms with Crippen LogP contribution < -0.4 is 20.1 Å². The van der Waals surface area contributed by atoms with Crippen molar-refractivity contribution in [3.63, 3.8) is 0 Å². The summed E-state index contributed by atoms with van der Waals surface area (Å²) in [5.41, 5.74) is 3.71. The number of nitrogens with one attached hydrogen (secondary N) is 2. The van der Waals surface area contributed by atoms with Crippen molar-refractivity contribution in [1.29, 1.82) is 0 Å². The van der Waals surface area contributed by atoms with Gasteiger partial charge in [0.2, 0.25) is 5.95 Å². The van der Waals surface area contributed by atoms with E-state index in [1.807, 2.05) is 92.7 Å². The number of hydrogen-bond donors (Lipinski definition) is 2. The number of carbonyl (C=O) groups is 1. The molecule has 0 radical (unpaired) electrons. The minimum atomic E-state index is -0.567. The van der Waals surface area contributed by atoms with Crippen LogP contribution in [-0.2, 0) is 11.4 Å². The van der Waals surface area contributed by atoms with Crippen molar-refractivity contribution in [3.8, 4) is 11.5 Å². The fraction of sp³-hybridized carbons (Fsp3) is 0.185. The first-order valence-electron chi connectivity index (χ1n) is 11.7. The highest BCUT2D eigenvalue weighted by atomic mass is 16.5. The molecular formula is C27H26N6O3. The van der Waals surface area contributed by atoms with Crippen LogP contribution in [0.5, 0.6) is 11.5 Å². The molecule has 2 heterocycles. The Labute approximate surface area is 208 Å². The summed E-state index contributed by atoms with van der Waals surface area (Å²) in [7, 11) is 0. The second kappa shape index (κ2) is 10.3. The summed E-state index contributed by atoms with van der Waals surface area (Å²) in [5, 5.41) is 18.2. The summed E-state index contributed by atoms with van der Waals surface area (Å²) >= 11 is 0. The van der Waals surface area contributed by atoms with Gasteiger partial charge in [-0.15, -0.1) is 0 Å². The van der Waals surface area contributed by atoms with Crippen LogP contribution in [0.1, 0.15) is 31.0 Å². The highest BCUT2D eigenvalue weighted by Crippen LogP contribution is 2.39. The number of para-hydroxylation sites is 1. The molecule has 1 aliphatic rings. The van der Waals surface area contributed by atoms with Gasteiger partial charge in [-0.25, -0.2) is 0 Å². The highest BCUT2D eigenvalue weighted by Gasteiger charge is 2.34. The van der Waals surface area contributed by atoms with Crippen LogP contribution in [0.4, 0.5) is 11.6 Å². The number of tetrazole rings is 1. The molecule has 2 N–H and O–H groups in total. The number of ether oxygens (including phenoxy) is 2. The summed E-state index contributed by atoms with van der Waals surface area (Å²) in [6, 6.07) is 24.3. The molecule has 3 aromatic carbocycles. The van der Waals surface area contributed by atoms with Crippen molar-refractivity contribution < 1.29 is 14.3 Å². The van der Waals surface area contributed by atoms with E-state index < -0.39 is 6.04 Å². The molecule has 0 saturated heterocycles. The van der Waals surface area contributed by atoms with Crippen molar-refractivity contribution in [2.24, 2.45) is 0 Å². The molecule has 0 spiro atoms. The first-order chi connectivity index (χ1) is 17.6. The zero-order valence-electron chi connectivity index (χ0n) is 20.0. The number of benzene rings is 3. The predicted molar refractivity (Wildman–Crippen MR) is 136 cm³/mol. The average Bonchev–Trinajstić information content (AvgIpc) is 3.36. The molecular weight excluding hydrogens is 456 g/mol. The normalized spacial score (nSPS) is 14.6. The second-order valence-corrected chi connectivity index (χ2v) is 8.25. The van der Waals surface area contributed by atoms with Crippen molar-refractivity contribution in [2.45, 2.75) is 26.5 Å². The maximum absolute atomic E-state index is 13.5. The first kappa shape index (κ1) is 23.1. The summed E-state index contributed by atoms with van der Waals surface area (Å²) in [5.74, 6) is 1.40. The Morgan fingerprint density at radius 1 is 1.00 bits per heavy atom. The second-order valence-electron chi connectivity index (χ2n) is 8.25. The van der Waals surface area contributed by atoms with Gasteiger partial charge in [-0.1, -0.05) is 59.7 Å². The Morgan fingerprint density at radius 2 is 1.75 bits per heavy atom. The molecule has 182 valence electrons. The van der Waals surface area contributed by atoms with E-state index in [1.165, 1.54) is 0 Å². The minimum Gasteiger partial charge on any atom is -0.490 e.